The summed E-state index contributed by atoms with van der Waals surface area (Å²) in [4.78, 5) is 8.45. The van der Waals surface area contributed by atoms with Gasteiger partial charge in [0, 0.05) is 5.39 Å². The van der Waals surface area contributed by atoms with Crippen LogP contribution in [0.4, 0.5) is 11.8 Å². The number of aromatic nitrogens is 2. The highest BCUT2D eigenvalue weighted by Gasteiger charge is 2.08. The summed E-state index contributed by atoms with van der Waals surface area (Å²) in [5.41, 5.74) is 12.4. The van der Waals surface area contributed by atoms with Crippen molar-refractivity contribution in [3.63, 3.8) is 0 Å². The number of hydrazine groups is 1. The molecule has 0 bridgehead atoms. The van der Waals surface area contributed by atoms with Crippen LogP contribution in [0.15, 0.2) is 84.9 Å². The smallest absolute Gasteiger partial charge is 0.222 e. The molecule has 5 rings (SSSR count). The standard InChI is InChI=1S/C25H21N5O/c26-25-28-23-11-9-20(14-22(23)24(29-25)30-27)17-6-7-19-13-21(10-8-18(19)12-17)31-15-16-4-2-1-3-5-16/h1-14H,15,27H2,(H3,26,28,29,30). The number of nitrogen functional groups attached to an aromatic ring is 2. The minimum Gasteiger partial charge on any atom is -0.489 e. The first kappa shape index (κ1) is 18.8. The number of nitrogens with one attached hydrogen (secondary N) is 1. The average molecular weight is 407 g/mol. The van der Waals surface area contributed by atoms with E-state index in [0.717, 1.165) is 44.1 Å². The molecule has 1 heterocycles. The van der Waals surface area contributed by atoms with E-state index in [4.69, 9.17) is 16.3 Å². The number of benzene rings is 4. The van der Waals surface area contributed by atoms with E-state index in [1.807, 2.05) is 42.5 Å². The van der Waals surface area contributed by atoms with Crippen molar-refractivity contribution in [2.24, 2.45) is 5.84 Å². The summed E-state index contributed by atoms with van der Waals surface area (Å²) in [5.74, 6) is 7.16. The van der Waals surface area contributed by atoms with Crippen molar-refractivity contribution in [2.45, 2.75) is 6.61 Å². The van der Waals surface area contributed by atoms with E-state index in [0.29, 0.717) is 12.4 Å². The minimum absolute atomic E-state index is 0.184. The van der Waals surface area contributed by atoms with Crippen LogP contribution in [0.25, 0.3) is 32.8 Å². The Balaban J connectivity index is 1.45. The molecule has 4 aromatic carbocycles. The van der Waals surface area contributed by atoms with Crippen molar-refractivity contribution in [1.29, 1.82) is 0 Å². The molecule has 0 aliphatic heterocycles. The van der Waals surface area contributed by atoms with Crippen molar-refractivity contribution in [2.75, 3.05) is 11.2 Å². The van der Waals surface area contributed by atoms with Crippen LogP contribution in [0.2, 0.25) is 0 Å². The Hall–Kier alpha value is -4.16. The third-order valence-corrected chi connectivity index (χ3v) is 5.24. The summed E-state index contributed by atoms with van der Waals surface area (Å²) >= 11 is 0. The van der Waals surface area contributed by atoms with Gasteiger partial charge in [0.05, 0.1) is 5.52 Å². The molecular formula is C25H21N5O. The Morgan fingerprint density at radius 3 is 2.35 bits per heavy atom. The Morgan fingerprint density at radius 1 is 0.774 bits per heavy atom. The van der Waals surface area contributed by atoms with Gasteiger partial charge in [-0.15, -0.1) is 0 Å². The van der Waals surface area contributed by atoms with E-state index in [2.05, 4.69) is 57.9 Å². The molecule has 152 valence electrons. The molecule has 0 saturated carbocycles. The maximum absolute atomic E-state index is 5.96. The zero-order chi connectivity index (χ0) is 21.2. The largest absolute Gasteiger partial charge is 0.489 e. The molecule has 0 fully saturated rings. The Kier molecular flexibility index (Phi) is 4.82. The van der Waals surface area contributed by atoms with Crippen molar-refractivity contribution < 1.29 is 4.74 Å². The van der Waals surface area contributed by atoms with Gasteiger partial charge in [0.15, 0.2) is 5.82 Å². The molecular weight excluding hydrogens is 386 g/mol. The van der Waals surface area contributed by atoms with Crippen LogP contribution < -0.4 is 21.7 Å². The first-order valence-corrected chi connectivity index (χ1v) is 9.94. The average Bonchev–Trinajstić information content (AvgIpc) is 2.82. The molecule has 6 heteroatoms. The van der Waals surface area contributed by atoms with Crippen molar-refractivity contribution in [1.82, 2.24) is 9.97 Å². The van der Waals surface area contributed by atoms with Crippen LogP contribution in [-0.4, -0.2) is 9.97 Å². The maximum atomic E-state index is 5.96. The number of hydrogen-bond acceptors (Lipinski definition) is 6. The van der Waals surface area contributed by atoms with Gasteiger partial charge in [0.2, 0.25) is 5.95 Å². The topological polar surface area (TPSA) is 99.1 Å². The van der Waals surface area contributed by atoms with Gasteiger partial charge >= 0.3 is 0 Å². The van der Waals surface area contributed by atoms with Crippen LogP contribution in [-0.2, 0) is 6.61 Å². The molecule has 0 radical (unpaired) electrons. The molecule has 0 unspecified atom stereocenters. The van der Waals surface area contributed by atoms with Gasteiger partial charge in [-0.05, 0) is 57.8 Å². The van der Waals surface area contributed by atoms with E-state index >= 15 is 0 Å². The van der Waals surface area contributed by atoms with Crippen LogP contribution in [0.5, 0.6) is 5.75 Å². The third-order valence-electron chi connectivity index (χ3n) is 5.24. The first-order chi connectivity index (χ1) is 15.2. The fourth-order valence-electron chi connectivity index (χ4n) is 3.67. The molecule has 0 saturated heterocycles. The normalized spacial score (nSPS) is 11.0. The maximum Gasteiger partial charge on any atom is 0.222 e. The number of fused-ring (bicyclic) bond motifs is 2. The van der Waals surface area contributed by atoms with Gasteiger partial charge in [-0.25, -0.2) is 10.8 Å². The molecule has 0 amide bonds. The second-order valence-electron chi connectivity index (χ2n) is 7.30. The summed E-state index contributed by atoms with van der Waals surface area (Å²) in [6.07, 6.45) is 0. The predicted molar refractivity (Wildman–Crippen MR) is 125 cm³/mol. The number of anilines is 2. The van der Waals surface area contributed by atoms with E-state index in [-0.39, 0.29) is 5.95 Å². The number of nitrogens with zero attached hydrogens (tertiary/aromatic N) is 2. The number of rotatable bonds is 5. The van der Waals surface area contributed by atoms with Crippen molar-refractivity contribution >= 4 is 33.4 Å². The zero-order valence-corrected chi connectivity index (χ0v) is 16.7. The van der Waals surface area contributed by atoms with E-state index in [9.17, 15) is 0 Å². The number of nitrogens with two attached hydrogens (primary N) is 2. The van der Waals surface area contributed by atoms with E-state index in [1.165, 1.54) is 0 Å². The second kappa shape index (κ2) is 7.93. The summed E-state index contributed by atoms with van der Waals surface area (Å²) in [5, 5.41) is 3.07. The van der Waals surface area contributed by atoms with Crippen molar-refractivity contribution in [3.05, 3.63) is 90.5 Å². The molecule has 31 heavy (non-hydrogen) atoms. The lowest BCUT2D eigenvalue weighted by Gasteiger charge is -2.10. The van der Waals surface area contributed by atoms with Gasteiger partial charge in [-0.3, -0.25) is 0 Å². The first-order valence-electron chi connectivity index (χ1n) is 9.94. The van der Waals surface area contributed by atoms with Crippen molar-refractivity contribution in [3.8, 4) is 16.9 Å². The molecule has 1 aromatic heterocycles. The fourth-order valence-corrected chi connectivity index (χ4v) is 3.67. The monoisotopic (exact) mass is 407 g/mol. The molecule has 6 nitrogen and oxygen atoms in total. The quantitative estimate of drug-likeness (QED) is 0.283. The zero-order valence-electron chi connectivity index (χ0n) is 16.7. The number of ether oxygens (including phenoxy) is 1. The molecule has 5 N–H and O–H groups in total. The molecule has 0 aliphatic rings. The molecule has 0 atom stereocenters. The van der Waals surface area contributed by atoms with Gasteiger partial charge in [-0.2, -0.15) is 4.98 Å². The third kappa shape index (κ3) is 3.84. The fraction of sp³-hybridized carbons (Fsp3) is 0.0400. The van der Waals surface area contributed by atoms with Crippen LogP contribution >= 0.6 is 0 Å². The molecule has 0 aliphatic carbocycles. The van der Waals surface area contributed by atoms with Gasteiger partial charge in [-0.1, -0.05) is 54.6 Å². The summed E-state index contributed by atoms with van der Waals surface area (Å²) in [6, 6.07) is 28.6. The van der Waals surface area contributed by atoms with Crippen LogP contribution in [0.1, 0.15) is 5.56 Å². The summed E-state index contributed by atoms with van der Waals surface area (Å²) in [6.45, 7) is 0.547. The predicted octanol–water partition coefficient (Wildman–Crippen LogP) is 4.90. The lowest BCUT2D eigenvalue weighted by atomic mass is 10.00. The Labute approximate surface area is 179 Å². The second-order valence-corrected chi connectivity index (χ2v) is 7.30. The SMILES string of the molecule is NNc1nc(N)nc2ccc(-c3ccc4cc(OCc5ccccc5)ccc4c3)cc12. The summed E-state index contributed by atoms with van der Waals surface area (Å²) < 4.78 is 5.96. The van der Waals surface area contributed by atoms with E-state index in [1.54, 1.807) is 0 Å². The van der Waals surface area contributed by atoms with E-state index < -0.39 is 0 Å². The highest BCUT2D eigenvalue weighted by atomic mass is 16.5. The number of hydrogen-bond donors (Lipinski definition) is 3. The lowest BCUT2D eigenvalue weighted by molar-refractivity contribution is 0.306. The van der Waals surface area contributed by atoms with Gasteiger partial charge < -0.3 is 15.9 Å². The van der Waals surface area contributed by atoms with Crippen LogP contribution in [0, 0.1) is 0 Å². The molecule has 0 spiro atoms. The Bertz CT molecular complexity index is 1390. The summed E-state index contributed by atoms with van der Waals surface area (Å²) in [7, 11) is 0. The Morgan fingerprint density at radius 2 is 1.52 bits per heavy atom. The lowest BCUT2D eigenvalue weighted by Crippen LogP contribution is -2.11. The van der Waals surface area contributed by atoms with Crippen LogP contribution in [0.3, 0.4) is 0 Å². The minimum atomic E-state index is 0.184. The molecule has 5 aromatic rings. The highest BCUT2D eigenvalue weighted by Crippen LogP contribution is 2.31. The highest BCUT2D eigenvalue weighted by molar-refractivity contribution is 5.95. The van der Waals surface area contributed by atoms with Gasteiger partial charge in [0.25, 0.3) is 0 Å². The van der Waals surface area contributed by atoms with Gasteiger partial charge in [0.1, 0.15) is 12.4 Å².